The summed E-state index contributed by atoms with van der Waals surface area (Å²) in [7, 11) is 0. The van der Waals surface area contributed by atoms with Crippen molar-refractivity contribution in [3.8, 4) is 5.88 Å². The van der Waals surface area contributed by atoms with Gasteiger partial charge in [-0.25, -0.2) is 9.97 Å². The number of aromatic nitrogens is 4. The minimum absolute atomic E-state index is 0.00468. The molecule has 80 valence electrons. The fraction of sp³-hybridized carbons (Fsp3) is 0.200. The van der Waals surface area contributed by atoms with Crippen LogP contribution in [0.25, 0.3) is 20.4 Å². The zero-order valence-electron chi connectivity index (χ0n) is 8.72. The first-order valence-electron chi connectivity index (χ1n) is 4.74. The predicted octanol–water partition coefficient (Wildman–Crippen LogP) is 1.96. The summed E-state index contributed by atoms with van der Waals surface area (Å²) in [5.41, 5.74) is 2.68. The minimum atomic E-state index is 0.00468. The molecule has 0 aromatic carbocycles. The van der Waals surface area contributed by atoms with E-state index in [4.69, 9.17) is 0 Å². The average Bonchev–Trinajstić information content (AvgIpc) is 2.64. The molecule has 3 rings (SSSR count). The molecule has 0 aliphatic carbocycles. The second-order valence-electron chi connectivity index (χ2n) is 3.57. The van der Waals surface area contributed by atoms with Crippen LogP contribution in [-0.2, 0) is 0 Å². The van der Waals surface area contributed by atoms with Gasteiger partial charge in [0.25, 0.3) is 0 Å². The van der Waals surface area contributed by atoms with Gasteiger partial charge in [0, 0.05) is 5.39 Å². The highest BCUT2D eigenvalue weighted by Crippen LogP contribution is 2.36. The molecule has 0 saturated carbocycles. The first-order valence-corrected chi connectivity index (χ1v) is 5.56. The molecule has 3 heterocycles. The summed E-state index contributed by atoms with van der Waals surface area (Å²) in [6.07, 6.45) is 1.36. The van der Waals surface area contributed by atoms with E-state index in [1.807, 2.05) is 13.8 Å². The van der Waals surface area contributed by atoms with Gasteiger partial charge >= 0.3 is 0 Å². The lowest BCUT2D eigenvalue weighted by atomic mass is 10.1. The van der Waals surface area contributed by atoms with E-state index in [0.29, 0.717) is 4.70 Å². The lowest BCUT2D eigenvalue weighted by Crippen LogP contribution is -1.90. The van der Waals surface area contributed by atoms with Gasteiger partial charge in [-0.1, -0.05) is 0 Å². The van der Waals surface area contributed by atoms with Crippen molar-refractivity contribution in [1.29, 1.82) is 0 Å². The number of fused-ring (bicyclic) bond motifs is 3. The van der Waals surface area contributed by atoms with E-state index in [1.165, 1.54) is 17.7 Å². The molecule has 5 nitrogen and oxygen atoms in total. The normalized spacial score (nSPS) is 11.4. The fourth-order valence-electron chi connectivity index (χ4n) is 1.67. The van der Waals surface area contributed by atoms with Gasteiger partial charge in [0.2, 0.25) is 5.88 Å². The van der Waals surface area contributed by atoms with Gasteiger partial charge in [-0.15, -0.1) is 16.4 Å². The molecule has 3 aromatic rings. The van der Waals surface area contributed by atoms with Gasteiger partial charge in [-0.05, 0) is 19.4 Å². The van der Waals surface area contributed by atoms with Gasteiger partial charge in [0.1, 0.15) is 15.9 Å². The number of hydrogen-bond donors (Lipinski definition) is 1. The summed E-state index contributed by atoms with van der Waals surface area (Å²) in [5, 5.41) is 18.8. The van der Waals surface area contributed by atoms with Crippen molar-refractivity contribution in [2.24, 2.45) is 0 Å². The molecular weight excluding hydrogens is 224 g/mol. The van der Waals surface area contributed by atoms with Crippen molar-refractivity contribution >= 4 is 31.8 Å². The summed E-state index contributed by atoms with van der Waals surface area (Å²) < 4.78 is 0.667. The number of aryl methyl sites for hydroxylation is 2. The second kappa shape index (κ2) is 3.08. The average molecular weight is 232 g/mol. The Labute approximate surface area is 94.8 Å². The van der Waals surface area contributed by atoms with Crippen LogP contribution in [0, 0.1) is 13.8 Å². The summed E-state index contributed by atoms with van der Waals surface area (Å²) in [6, 6.07) is 0. The number of aromatic hydroxyl groups is 1. The van der Waals surface area contributed by atoms with E-state index in [2.05, 4.69) is 20.2 Å². The topological polar surface area (TPSA) is 71.8 Å². The Bertz CT molecular complexity index is 707. The molecule has 16 heavy (non-hydrogen) atoms. The fourth-order valence-corrected chi connectivity index (χ4v) is 2.69. The maximum atomic E-state index is 9.64. The third-order valence-electron chi connectivity index (χ3n) is 2.64. The Hall–Kier alpha value is -1.82. The van der Waals surface area contributed by atoms with Gasteiger partial charge < -0.3 is 5.11 Å². The van der Waals surface area contributed by atoms with Crippen LogP contribution in [0.2, 0.25) is 0 Å². The van der Waals surface area contributed by atoms with Crippen LogP contribution in [-0.4, -0.2) is 25.3 Å². The quantitative estimate of drug-likeness (QED) is 0.641. The molecule has 0 saturated heterocycles. The van der Waals surface area contributed by atoms with E-state index in [9.17, 15) is 5.11 Å². The molecule has 0 atom stereocenters. The molecule has 0 aliphatic rings. The number of nitrogens with zero attached hydrogens (tertiary/aromatic N) is 4. The molecule has 0 amide bonds. The summed E-state index contributed by atoms with van der Waals surface area (Å²) in [4.78, 5) is 8.75. The highest BCUT2D eigenvalue weighted by molar-refractivity contribution is 7.25. The molecule has 0 spiro atoms. The minimum Gasteiger partial charge on any atom is -0.492 e. The molecule has 0 radical (unpaired) electrons. The van der Waals surface area contributed by atoms with Crippen LogP contribution in [0.4, 0.5) is 0 Å². The standard InChI is InChI=1S/C10H8N4OS/c1-4-5(2)13-14-10-6(4)7-8(16-10)9(15)12-3-11-7/h3H,1-2H3,(H,11,12,15). The molecule has 6 heteroatoms. The van der Waals surface area contributed by atoms with E-state index in [1.54, 1.807) is 0 Å². The van der Waals surface area contributed by atoms with Crippen LogP contribution in [0.1, 0.15) is 11.3 Å². The lowest BCUT2D eigenvalue weighted by molar-refractivity contribution is 0.460. The van der Waals surface area contributed by atoms with E-state index >= 15 is 0 Å². The predicted molar refractivity (Wildman–Crippen MR) is 61.6 cm³/mol. The number of thiophene rings is 1. The Morgan fingerprint density at radius 1 is 1.19 bits per heavy atom. The van der Waals surface area contributed by atoms with E-state index in [-0.39, 0.29) is 5.88 Å². The van der Waals surface area contributed by atoms with Crippen molar-refractivity contribution in [2.45, 2.75) is 13.8 Å². The highest BCUT2D eigenvalue weighted by atomic mass is 32.1. The van der Waals surface area contributed by atoms with E-state index < -0.39 is 0 Å². The van der Waals surface area contributed by atoms with Crippen molar-refractivity contribution in [2.75, 3.05) is 0 Å². The molecule has 3 aromatic heterocycles. The van der Waals surface area contributed by atoms with Crippen LogP contribution in [0.3, 0.4) is 0 Å². The Morgan fingerprint density at radius 3 is 2.81 bits per heavy atom. The third kappa shape index (κ3) is 1.10. The largest absolute Gasteiger partial charge is 0.492 e. The molecule has 1 N–H and O–H groups in total. The first-order chi connectivity index (χ1) is 7.68. The molecule has 0 bridgehead atoms. The van der Waals surface area contributed by atoms with Crippen LogP contribution in [0.15, 0.2) is 6.33 Å². The lowest BCUT2D eigenvalue weighted by Gasteiger charge is -1.98. The van der Waals surface area contributed by atoms with Gasteiger partial charge in [-0.3, -0.25) is 0 Å². The monoisotopic (exact) mass is 232 g/mol. The number of hydrogen-bond acceptors (Lipinski definition) is 6. The molecule has 0 unspecified atom stereocenters. The van der Waals surface area contributed by atoms with Crippen LogP contribution < -0.4 is 0 Å². The summed E-state index contributed by atoms with van der Waals surface area (Å²) in [5.74, 6) is 0.00468. The Morgan fingerprint density at radius 2 is 2.00 bits per heavy atom. The van der Waals surface area contributed by atoms with Crippen molar-refractivity contribution in [1.82, 2.24) is 20.2 Å². The zero-order chi connectivity index (χ0) is 11.3. The van der Waals surface area contributed by atoms with Crippen LogP contribution >= 0.6 is 11.3 Å². The van der Waals surface area contributed by atoms with Gasteiger partial charge in [0.15, 0.2) is 0 Å². The highest BCUT2D eigenvalue weighted by Gasteiger charge is 2.14. The van der Waals surface area contributed by atoms with Crippen molar-refractivity contribution < 1.29 is 5.11 Å². The molecule has 0 aliphatic heterocycles. The Balaban J connectivity index is 2.63. The Kier molecular flexibility index (Phi) is 1.81. The van der Waals surface area contributed by atoms with Gasteiger partial charge in [0.05, 0.1) is 11.2 Å². The SMILES string of the molecule is Cc1nnc2sc3c(O)ncnc3c2c1C. The molecular formula is C10H8N4OS. The molecule has 0 fully saturated rings. The maximum Gasteiger partial charge on any atom is 0.232 e. The van der Waals surface area contributed by atoms with Crippen molar-refractivity contribution in [3.05, 3.63) is 17.6 Å². The third-order valence-corrected chi connectivity index (χ3v) is 3.70. The smallest absolute Gasteiger partial charge is 0.232 e. The van der Waals surface area contributed by atoms with E-state index in [0.717, 1.165) is 27.0 Å². The summed E-state index contributed by atoms with van der Waals surface area (Å²) in [6.45, 7) is 3.89. The second-order valence-corrected chi connectivity index (χ2v) is 4.57. The first kappa shape index (κ1) is 9.41. The van der Waals surface area contributed by atoms with Crippen molar-refractivity contribution in [3.63, 3.8) is 0 Å². The zero-order valence-corrected chi connectivity index (χ0v) is 9.54. The van der Waals surface area contributed by atoms with Crippen LogP contribution in [0.5, 0.6) is 5.88 Å². The number of rotatable bonds is 0. The van der Waals surface area contributed by atoms with Gasteiger partial charge in [-0.2, -0.15) is 5.10 Å². The maximum absolute atomic E-state index is 9.64. The summed E-state index contributed by atoms with van der Waals surface area (Å²) >= 11 is 1.36.